The summed E-state index contributed by atoms with van der Waals surface area (Å²) in [6.07, 6.45) is 5.34. The van der Waals surface area contributed by atoms with Gasteiger partial charge in [-0.05, 0) is 23.7 Å². The molecule has 3 rings (SSSR count). The molecule has 0 radical (unpaired) electrons. The second kappa shape index (κ2) is 8.61. The van der Waals surface area contributed by atoms with Gasteiger partial charge in [0.1, 0.15) is 18.0 Å². The van der Waals surface area contributed by atoms with Crippen LogP contribution in [-0.4, -0.2) is 50.7 Å². The Morgan fingerprint density at radius 2 is 1.76 bits per heavy atom. The number of aliphatic hydroxyl groups excluding tert-OH is 1. The van der Waals surface area contributed by atoms with Crippen LogP contribution in [0, 0.1) is 0 Å². The molecule has 29 heavy (non-hydrogen) atoms. The Bertz CT molecular complexity index is 699. The third-order valence-electron chi connectivity index (χ3n) is 6.49. The number of hydrogen-bond acceptors (Lipinski definition) is 5. The van der Waals surface area contributed by atoms with Gasteiger partial charge in [-0.3, -0.25) is 0 Å². The summed E-state index contributed by atoms with van der Waals surface area (Å²) in [5.41, 5.74) is -0.101. The Labute approximate surface area is 176 Å². The van der Waals surface area contributed by atoms with Crippen molar-refractivity contribution in [1.29, 1.82) is 0 Å². The topological polar surface area (TPSA) is 57.2 Å². The third-order valence-corrected chi connectivity index (χ3v) is 11.0. The van der Waals surface area contributed by atoms with E-state index in [9.17, 15) is 5.11 Å². The monoisotopic (exact) mass is 420 g/mol. The van der Waals surface area contributed by atoms with Gasteiger partial charge in [-0.25, -0.2) is 0 Å². The molecule has 1 N–H and O–H groups in total. The molecule has 2 aliphatic rings. The first-order valence-corrected chi connectivity index (χ1v) is 13.4. The molecule has 0 aromatic heterocycles. The Balaban J connectivity index is 1.57. The van der Waals surface area contributed by atoms with Crippen LogP contribution in [0.25, 0.3) is 0 Å². The molecule has 2 bridgehead atoms. The van der Waals surface area contributed by atoms with Gasteiger partial charge in [0.2, 0.25) is 0 Å². The smallest absolute Gasteiger partial charge is 0.192 e. The van der Waals surface area contributed by atoms with E-state index in [1.807, 2.05) is 36.4 Å². The first-order chi connectivity index (χ1) is 13.6. The number of fused-ring (bicyclic) bond motifs is 2. The van der Waals surface area contributed by atoms with Crippen LogP contribution in [-0.2, 0) is 25.2 Å². The summed E-state index contributed by atoms with van der Waals surface area (Å²) in [4.78, 5) is 0. The van der Waals surface area contributed by atoms with Crippen LogP contribution in [0.5, 0.6) is 0 Å². The fourth-order valence-corrected chi connectivity index (χ4v) is 4.68. The van der Waals surface area contributed by atoms with Gasteiger partial charge in [0, 0.05) is 12.8 Å². The van der Waals surface area contributed by atoms with Crippen LogP contribution >= 0.6 is 0 Å². The molecule has 1 aromatic rings. The zero-order valence-electron chi connectivity index (χ0n) is 18.4. The molecular weight excluding hydrogens is 384 g/mol. The minimum atomic E-state index is -1.90. The van der Waals surface area contributed by atoms with Crippen molar-refractivity contribution in [3.8, 4) is 0 Å². The highest BCUT2D eigenvalue weighted by Gasteiger charge is 2.53. The molecule has 1 fully saturated rings. The van der Waals surface area contributed by atoms with E-state index in [0.717, 1.165) is 5.56 Å². The van der Waals surface area contributed by atoms with Crippen molar-refractivity contribution in [2.75, 3.05) is 20.0 Å². The van der Waals surface area contributed by atoms with Gasteiger partial charge < -0.3 is 23.7 Å². The van der Waals surface area contributed by atoms with Crippen molar-refractivity contribution in [3.05, 3.63) is 48.0 Å². The van der Waals surface area contributed by atoms with Crippen LogP contribution in [0.2, 0.25) is 18.1 Å². The average Bonchev–Trinajstić information content (AvgIpc) is 2.96. The highest BCUT2D eigenvalue weighted by atomic mass is 28.4. The average molecular weight is 421 g/mol. The van der Waals surface area contributed by atoms with Gasteiger partial charge in [0.25, 0.3) is 0 Å². The van der Waals surface area contributed by atoms with E-state index in [0.29, 0.717) is 26.1 Å². The van der Waals surface area contributed by atoms with Crippen molar-refractivity contribution >= 4 is 8.32 Å². The molecule has 0 saturated carbocycles. The van der Waals surface area contributed by atoms with E-state index in [-0.39, 0.29) is 24.5 Å². The van der Waals surface area contributed by atoms with Crippen LogP contribution in [0.1, 0.15) is 39.2 Å². The summed E-state index contributed by atoms with van der Waals surface area (Å²) in [5, 5.41) is 10.1. The molecule has 2 aliphatic heterocycles. The van der Waals surface area contributed by atoms with Gasteiger partial charge >= 0.3 is 0 Å². The molecule has 0 unspecified atom stereocenters. The Morgan fingerprint density at radius 1 is 1.10 bits per heavy atom. The molecule has 6 heteroatoms. The second-order valence-electron chi connectivity index (χ2n) is 9.92. The standard InChI is InChI=1S/C23H36O5Si/c1-21(2,3)29(4,5)27-17-23-12-11-22(16-24,28-23)13-20(14-23)26-18-25-15-19-9-7-6-8-10-19/h6-12,20,24H,13-18H2,1-5H3/t20-,22+,23-/m0/s1. The molecule has 3 atom stereocenters. The zero-order valence-corrected chi connectivity index (χ0v) is 19.4. The molecule has 2 heterocycles. The lowest BCUT2D eigenvalue weighted by Gasteiger charge is -2.45. The predicted octanol–water partition coefficient (Wildman–Crippen LogP) is 4.42. The number of benzene rings is 1. The quantitative estimate of drug-likeness (QED) is 0.277. The van der Waals surface area contributed by atoms with Crippen LogP contribution < -0.4 is 0 Å². The van der Waals surface area contributed by atoms with E-state index >= 15 is 0 Å². The van der Waals surface area contributed by atoms with E-state index in [1.165, 1.54) is 0 Å². The maximum Gasteiger partial charge on any atom is 0.192 e. The van der Waals surface area contributed by atoms with Crippen LogP contribution in [0.3, 0.4) is 0 Å². The SMILES string of the molecule is CC(C)(C)[Si](C)(C)OC[C@]12C=C[C@](CO)(C[C@H](OCOCc3ccccc3)C1)O2. The lowest BCUT2D eigenvalue weighted by molar-refractivity contribution is -0.210. The number of rotatable bonds is 9. The predicted molar refractivity (Wildman–Crippen MR) is 116 cm³/mol. The molecule has 0 amide bonds. The van der Waals surface area contributed by atoms with Gasteiger partial charge in [-0.2, -0.15) is 0 Å². The van der Waals surface area contributed by atoms with E-state index in [2.05, 4.69) is 39.9 Å². The molecule has 0 spiro atoms. The largest absolute Gasteiger partial charge is 0.414 e. The number of ether oxygens (including phenoxy) is 3. The first kappa shape index (κ1) is 22.7. The summed E-state index contributed by atoms with van der Waals surface area (Å²) in [5.74, 6) is 0. The molecular formula is C23H36O5Si. The molecule has 0 aliphatic carbocycles. The third kappa shape index (κ3) is 5.37. The number of hydrogen-bond donors (Lipinski definition) is 1. The highest BCUT2D eigenvalue weighted by molar-refractivity contribution is 6.74. The Kier molecular flexibility index (Phi) is 6.73. The van der Waals surface area contributed by atoms with E-state index in [1.54, 1.807) is 0 Å². The minimum Gasteiger partial charge on any atom is -0.414 e. The molecule has 1 aromatic carbocycles. The number of aliphatic hydroxyl groups is 1. The van der Waals surface area contributed by atoms with Gasteiger partial charge in [-0.15, -0.1) is 0 Å². The summed E-state index contributed by atoms with van der Waals surface area (Å²) in [6.45, 7) is 12.4. The van der Waals surface area contributed by atoms with Gasteiger partial charge in [0.05, 0.1) is 25.9 Å². The highest BCUT2D eigenvalue weighted by Crippen LogP contribution is 2.46. The van der Waals surface area contributed by atoms with Crippen molar-refractivity contribution in [2.24, 2.45) is 0 Å². The van der Waals surface area contributed by atoms with Crippen molar-refractivity contribution in [3.63, 3.8) is 0 Å². The normalized spacial score (nSPS) is 29.4. The summed E-state index contributed by atoms with van der Waals surface area (Å²) < 4.78 is 24.6. The fraction of sp³-hybridized carbons (Fsp3) is 0.652. The van der Waals surface area contributed by atoms with Gasteiger partial charge in [0.15, 0.2) is 8.32 Å². The maximum absolute atomic E-state index is 9.98. The first-order valence-electron chi connectivity index (χ1n) is 10.5. The van der Waals surface area contributed by atoms with Crippen LogP contribution in [0.15, 0.2) is 42.5 Å². The molecule has 5 nitrogen and oxygen atoms in total. The van der Waals surface area contributed by atoms with Gasteiger partial charge in [-0.1, -0.05) is 63.3 Å². The fourth-order valence-electron chi connectivity index (χ4n) is 3.64. The van der Waals surface area contributed by atoms with E-state index in [4.69, 9.17) is 18.6 Å². The maximum atomic E-state index is 9.98. The Morgan fingerprint density at radius 3 is 2.41 bits per heavy atom. The molecule has 1 saturated heterocycles. The summed E-state index contributed by atoms with van der Waals surface area (Å²) >= 11 is 0. The lowest BCUT2D eigenvalue weighted by atomic mass is 9.90. The minimum absolute atomic E-state index is 0.0512. The zero-order chi connectivity index (χ0) is 21.2. The summed E-state index contributed by atoms with van der Waals surface area (Å²) in [7, 11) is -1.90. The Hall–Kier alpha value is -1.02. The lowest BCUT2D eigenvalue weighted by Crippen LogP contribution is -2.54. The van der Waals surface area contributed by atoms with Crippen molar-refractivity contribution < 1.29 is 23.7 Å². The van der Waals surface area contributed by atoms with E-state index < -0.39 is 19.5 Å². The second-order valence-corrected chi connectivity index (χ2v) is 14.7. The molecule has 162 valence electrons. The van der Waals surface area contributed by atoms with Crippen molar-refractivity contribution in [1.82, 2.24) is 0 Å². The summed E-state index contributed by atoms with van der Waals surface area (Å²) in [6, 6.07) is 10.1. The van der Waals surface area contributed by atoms with Crippen molar-refractivity contribution in [2.45, 2.75) is 75.7 Å². The van der Waals surface area contributed by atoms with Crippen LogP contribution in [0.4, 0.5) is 0 Å².